The van der Waals surface area contributed by atoms with Crippen LogP contribution in [0.5, 0.6) is 0 Å². The number of halogens is 4. The van der Waals surface area contributed by atoms with Crippen LogP contribution in [-0.4, -0.2) is 20.8 Å². The molecule has 0 saturated heterocycles. The van der Waals surface area contributed by atoms with Crippen molar-refractivity contribution >= 4 is 21.6 Å². The molecule has 90 valence electrons. The van der Waals surface area contributed by atoms with Crippen LogP contribution in [0.1, 0.15) is 0 Å². The highest BCUT2D eigenvalue weighted by Gasteiger charge is 2.24. The second-order valence-electron chi connectivity index (χ2n) is 2.79. The molecule has 0 aliphatic carbocycles. The molecule has 0 spiro atoms. The molecule has 0 amide bonds. The highest BCUT2D eigenvalue weighted by atomic mass is 35.5. The minimum absolute atomic E-state index is 0.0519. The number of rotatable bonds is 4. The zero-order valence-electron chi connectivity index (χ0n) is 7.81. The second kappa shape index (κ2) is 5.03. The molecule has 3 nitrogen and oxygen atoms in total. The molecule has 0 aromatic heterocycles. The lowest BCUT2D eigenvalue weighted by Gasteiger charge is -2.07. The van der Waals surface area contributed by atoms with E-state index < -0.39 is 32.4 Å². The van der Waals surface area contributed by atoms with Crippen molar-refractivity contribution in [3.63, 3.8) is 0 Å². The molecule has 0 bridgehead atoms. The predicted octanol–water partition coefficient (Wildman–Crippen LogP) is 1.62. The van der Waals surface area contributed by atoms with Crippen molar-refractivity contribution in [1.82, 2.24) is 4.72 Å². The third-order valence-corrected chi connectivity index (χ3v) is 3.32. The number of nitrogens with one attached hydrogen (secondary N) is 1. The molecular weight excluding hydrogens is 267 g/mol. The predicted molar refractivity (Wildman–Crippen MR) is 52.2 cm³/mol. The Morgan fingerprint density at radius 1 is 1.19 bits per heavy atom. The summed E-state index contributed by atoms with van der Waals surface area (Å²) in [6.07, 6.45) is 0. The number of hydrogen-bond acceptors (Lipinski definition) is 2. The summed E-state index contributed by atoms with van der Waals surface area (Å²) in [6, 6.07) is 0.580. The van der Waals surface area contributed by atoms with Crippen LogP contribution in [-0.2, 0) is 10.0 Å². The minimum atomic E-state index is -4.35. The molecule has 1 N–H and O–H groups in total. The summed E-state index contributed by atoms with van der Waals surface area (Å²) in [4.78, 5) is -1.21. The van der Waals surface area contributed by atoms with E-state index in [9.17, 15) is 21.6 Å². The maximum atomic E-state index is 13.1. The normalized spacial score (nSPS) is 11.8. The van der Waals surface area contributed by atoms with E-state index in [0.29, 0.717) is 12.1 Å². The second-order valence-corrected chi connectivity index (χ2v) is 4.87. The molecule has 0 saturated carbocycles. The SMILES string of the molecule is O=S(=O)(NCCCl)c1c(F)cc(F)cc1F. The highest BCUT2D eigenvalue weighted by molar-refractivity contribution is 7.89. The first kappa shape index (κ1) is 13.3. The monoisotopic (exact) mass is 273 g/mol. The van der Waals surface area contributed by atoms with E-state index in [2.05, 4.69) is 0 Å². The zero-order chi connectivity index (χ0) is 12.3. The Hall–Kier alpha value is -0.790. The molecule has 0 aliphatic rings. The highest BCUT2D eigenvalue weighted by Crippen LogP contribution is 2.19. The van der Waals surface area contributed by atoms with Gasteiger partial charge in [-0.3, -0.25) is 0 Å². The van der Waals surface area contributed by atoms with Crippen LogP contribution in [0, 0.1) is 17.5 Å². The number of sulfonamides is 1. The van der Waals surface area contributed by atoms with E-state index in [0.717, 1.165) is 0 Å². The smallest absolute Gasteiger partial charge is 0.210 e. The van der Waals surface area contributed by atoms with E-state index >= 15 is 0 Å². The summed E-state index contributed by atoms with van der Waals surface area (Å²) in [7, 11) is -4.35. The topological polar surface area (TPSA) is 46.2 Å². The van der Waals surface area contributed by atoms with E-state index in [1.54, 1.807) is 0 Å². The van der Waals surface area contributed by atoms with E-state index in [1.165, 1.54) is 0 Å². The molecule has 0 radical (unpaired) electrons. The number of benzene rings is 1. The van der Waals surface area contributed by atoms with Gasteiger partial charge in [-0.1, -0.05) is 0 Å². The quantitative estimate of drug-likeness (QED) is 0.848. The van der Waals surface area contributed by atoms with Crippen molar-refractivity contribution in [3.05, 3.63) is 29.6 Å². The Morgan fingerprint density at radius 2 is 1.69 bits per heavy atom. The first-order chi connectivity index (χ1) is 7.38. The maximum absolute atomic E-state index is 13.1. The Kier molecular flexibility index (Phi) is 4.17. The van der Waals surface area contributed by atoms with Crippen molar-refractivity contribution in [2.75, 3.05) is 12.4 Å². The molecule has 0 aliphatic heterocycles. The maximum Gasteiger partial charge on any atom is 0.246 e. The van der Waals surface area contributed by atoms with Gasteiger partial charge in [0.25, 0.3) is 0 Å². The molecule has 1 rings (SSSR count). The summed E-state index contributed by atoms with van der Waals surface area (Å²) in [5.74, 6) is -4.21. The lowest BCUT2D eigenvalue weighted by molar-refractivity contribution is 0.494. The zero-order valence-corrected chi connectivity index (χ0v) is 9.38. The van der Waals surface area contributed by atoms with Gasteiger partial charge < -0.3 is 0 Å². The molecule has 1 aromatic carbocycles. The van der Waals surface area contributed by atoms with Gasteiger partial charge in [-0.25, -0.2) is 26.3 Å². The molecule has 8 heteroatoms. The molecule has 0 fully saturated rings. The lowest BCUT2D eigenvalue weighted by Crippen LogP contribution is -2.27. The average Bonchev–Trinajstić information content (AvgIpc) is 2.12. The van der Waals surface area contributed by atoms with Gasteiger partial charge in [-0.15, -0.1) is 11.6 Å². The van der Waals surface area contributed by atoms with Crippen LogP contribution in [0.25, 0.3) is 0 Å². The van der Waals surface area contributed by atoms with Crippen LogP contribution >= 0.6 is 11.6 Å². The van der Waals surface area contributed by atoms with Gasteiger partial charge in [0.2, 0.25) is 10.0 Å². The molecule has 16 heavy (non-hydrogen) atoms. The van der Waals surface area contributed by atoms with E-state index in [-0.39, 0.29) is 12.4 Å². The Balaban J connectivity index is 3.23. The van der Waals surface area contributed by atoms with Gasteiger partial charge in [0.05, 0.1) is 0 Å². The standard InChI is InChI=1S/C8H7ClF3NO2S/c9-1-2-13-16(14,15)8-6(11)3-5(10)4-7(8)12/h3-4,13H,1-2H2. The third-order valence-electron chi connectivity index (χ3n) is 1.62. The van der Waals surface area contributed by atoms with E-state index in [1.807, 2.05) is 4.72 Å². The number of hydrogen-bond donors (Lipinski definition) is 1. The summed E-state index contributed by atoms with van der Waals surface area (Å²) in [5.41, 5.74) is 0. The van der Waals surface area contributed by atoms with Crippen molar-refractivity contribution < 1.29 is 21.6 Å². The fourth-order valence-electron chi connectivity index (χ4n) is 1.03. The van der Waals surface area contributed by atoms with Gasteiger partial charge in [0.15, 0.2) is 4.90 Å². The van der Waals surface area contributed by atoms with Gasteiger partial charge in [0, 0.05) is 24.6 Å². The Morgan fingerprint density at radius 3 is 2.12 bits per heavy atom. The summed E-state index contributed by atoms with van der Waals surface area (Å²) < 4.78 is 63.3. The summed E-state index contributed by atoms with van der Waals surface area (Å²) in [6.45, 7) is -0.180. The summed E-state index contributed by atoms with van der Waals surface area (Å²) in [5, 5.41) is 0. The van der Waals surface area contributed by atoms with Crippen molar-refractivity contribution in [3.8, 4) is 0 Å². The van der Waals surface area contributed by atoms with Crippen molar-refractivity contribution in [2.24, 2.45) is 0 Å². The van der Waals surface area contributed by atoms with Crippen molar-refractivity contribution in [1.29, 1.82) is 0 Å². The lowest BCUT2D eigenvalue weighted by atomic mass is 10.3. The molecule has 1 aromatic rings. The van der Waals surface area contributed by atoms with Crippen molar-refractivity contribution in [2.45, 2.75) is 4.90 Å². The largest absolute Gasteiger partial charge is 0.246 e. The fourth-order valence-corrected chi connectivity index (χ4v) is 2.38. The molecule has 0 atom stereocenters. The van der Waals surface area contributed by atoms with Gasteiger partial charge in [-0.2, -0.15) is 0 Å². The van der Waals surface area contributed by atoms with Crippen LogP contribution < -0.4 is 4.72 Å². The fraction of sp³-hybridized carbons (Fsp3) is 0.250. The Labute approximate surface area is 95.3 Å². The Bertz CT molecular complexity index is 469. The molecule has 0 heterocycles. The number of alkyl halides is 1. The van der Waals surface area contributed by atoms with Crippen LogP contribution in [0.15, 0.2) is 17.0 Å². The van der Waals surface area contributed by atoms with Crippen LogP contribution in [0.2, 0.25) is 0 Å². The first-order valence-electron chi connectivity index (χ1n) is 4.08. The summed E-state index contributed by atoms with van der Waals surface area (Å²) >= 11 is 5.23. The first-order valence-corrected chi connectivity index (χ1v) is 6.10. The van der Waals surface area contributed by atoms with Gasteiger partial charge >= 0.3 is 0 Å². The van der Waals surface area contributed by atoms with E-state index in [4.69, 9.17) is 11.6 Å². The van der Waals surface area contributed by atoms with Gasteiger partial charge in [0.1, 0.15) is 17.5 Å². The molecule has 0 unspecified atom stereocenters. The van der Waals surface area contributed by atoms with Crippen LogP contribution in [0.4, 0.5) is 13.2 Å². The van der Waals surface area contributed by atoms with Crippen LogP contribution in [0.3, 0.4) is 0 Å². The molecular formula is C8H7ClF3NO2S. The van der Waals surface area contributed by atoms with Gasteiger partial charge in [-0.05, 0) is 0 Å². The third kappa shape index (κ3) is 2.87. The average molecular weight is 274 g/mol. The minimum Gasteiger partial charge on any atom is -0.210 e.